The van der Waals surface area contributed by atoms with Gasteiger partial charge in [-0.05, 0) is 43.0 Å². The van der Waals surface area contributed by atoms with Crippen LogP contribution in [0.2, 0.25) is 0 Å². The average molecular weight is 416 g/mol. The van der Waals surface area contributed by atoms with Crippen molar-refractivity contribution in [2.24, 2.45) is 10.9 Å². The molecule has 0 bridgehead atoms. The standard InChI is InChI=1S/C23H24N6O2/c1-4-17-14-25-21(22-6-5-19-9-16(11-24-2)13-27-29(19)22)10-20(17)28-18-7-15(8-18)12-26-23(30)31-3/h1,5-6,9-11,13-15,18H,7-8,12H2,2-3H3,(H,25,28)(H,26,30)/b24-11-/t15-,18-. The molecule has 1 amide bonds. The number of nitrogens with zero attached hydrogens (tertiary/aromatic N) is 4. The minimum absolute atomic E-state index is 0.296. The van der Waals surface area contributed by atoms with E-state index >= 15 is 0 Å². The molecule has 8 nitrogen and oxygen atoms in total. The number of nitrogens with one attached hydrogen (secondary N) is 2. The van der Waals surface area contributed by atoms with Crippen LogP contribution in [0.4, 0.5) is 10.5 Å². The highest BCUT2D eigenvalue weighted by Gasteiger charge is 2.29. The van der Waals surface area contributed by atoms with Gasteiger partial charge in [0.1, 0.15) is 0 Å². The van der Waals surface area contributed by atoms with Gasteiger partial charge in [0.2, 0.25) is 0 Å². The number of hydrogen-bond donors (Lipinski definition) is 2. The highest BCUT2D eigenvalue weighted by atomic mass is 16.5. The second-order valence-corrected chi connectivity index (χ2v) is 7.54. The Morgan fingerprint density at radius 3 is 2.97 bits per heavy atom. The molecule has 3 heterocycles. The maximum absolute atomic E-state index is 11.2. The summed E-state index contributed by atoms with van der Waals surface area (Å²) in [6.07, 6.45) is 12.4. The number of anilines is 1. The van der Waals surface area contributed by atoms with E-state index in [2.05, 4.69) is 36.4 Å². The fourth-order valence-electron chi connectivity index (χ4n) is 3.80. The fraction of sp³-hybridized carbons (Fsp3) is 0.304. The van der Waals surface area contributed by atoms with Gasteiger partial charge in [-0.1, -0.05) is 5.92 Å². The number of amides is 1. The Morgan fingerprint density at radius 1 is 1.39 bits per heavy atom. The molecule has 3 aromatic rings. The van der Waals surface area contributed by atoms with Crippen LogP contribution in [0.15, 0.2) is 41.7 Å². The summed E-state index contributed by atoms with van der Waals surface area (Å²) in [4.78, 5) is 19.8. The minimum atomic E-state index is -0.396. The molecular formula is C23H24N6O2. The van der Waals surface area contributed by atoms with E-state index in [0.29, 0.717) is 18.5 Å². The lowest BCUT2D eigenvalue weighted by molar-refractivity contribution is 0.164. The zero-order valence-corrected chi connectivity index (χ0v) is 17.5. The number of carbonyl (C=O) groups is 1. The van der Waals surface area contributed by atoms with E-state index in [1.807, 2.05) is 28.8 Å². The second kappa shape index (κ2) is 8.88. The van der Waals surface area contributed by atoms with Gasteiger partial charge in [0, 0.05) is 37.6 Å². The molecule has 4 rings (SSSR count). The van der Waals surface area contributed by atoms with Gasteiger partial charge in [-0.3, -0.25) is 9.98 Å². The summed E-state index contributed by atoms with van der Waals surface area (Å²) in [6.45, 7) is 0.612. The first-order chi connectivity index (χ1) is 15.1. The summed E-state index contributed by atoms with van der Waals surface area (Å²) >= 11 is 0. The lowest BCUT2D eigenvalue weighted by Gasteiger charge is -2.36. The molecule has 0 atom stereocenters. The number of aliphatic imine (C=N–C) groups is 1. The molecule has 1 aliphatic carbocycles. The molecule has 0 saturated heterocycles. The van der Waals surface area contributed by atoms with Crippen molar-refractivity contribution < 1.29 is 9.53 Å². The van der Waals surface area contributed by atoms with Crippen molar-refractivity contribution in [3.05, 3.63) is 47.8 Å². The Hall–Kier alpha value is -3.86. The van der Waals surface area contributed by atoms with E-state index in [-0.39, 0.29) is 0 Å². The number of aromatic nitrogens is 3. The van der Waals surface area contributed by atoms with Crippen molar-refractivity contribution in [2.75, 3.05) is 26.0 Å². The Balaban J connectivity index is 1.51. The van der Waals surface area contributed by atoms with Gasteiger partial charge in [0.05, 0.1) is 41.5 Å². The number of hydrogen-bond acceptors (Lipinski definition) is 6. The van der Waals surface area contributed by atoms with Crippen molar-refractivity contribution in [1.82, 2.24) is 19.9 Å². The van der Waals surface area contributed by atoms with Gasteiger partial charge >= 0.3 is 6.09 Å². The molecule has 1 aliphatic rings. The Labute approximate surface area is 180 Å². The number of alkyl carbamates (subject to hydrolysis) is 1. The molecule has 2 N–H and O–H groups in total. The van der Waals surface area contributed by atoms with Crippen molar-refractivity contribution in [2.45, 2.75) is 18.9 Å². The fourth-order valence-corrected chi connectivity index (χ4v) is 3.80. The first-order valence-corrected chi connectivity index (χ1v) is 10.1. The summed E-state index contributed by atoms with van der Waals surface area (Å²) in [6, 6.07) is 8.29. The molecule has 31 heavy (non-hydrogen) atoms. The lowest BCUT2D eigenvalue weighted by Crippen LogP contribution is -2.42. The number of pyridine rings is 1. The smallest absolute Gasteiger partial charge is 0.406 e. The number of methoxy groups -OCH3 is 1. The van der Waals surface area contributed by atoms with Crippen LogP contribution in [0.25, 0.3) is 16.9 Å². The molecule has 0 radical (unpaired) electrons. The van der Waals surface area contributed by atoms with Crippen LogP contribution in [0.1, 0.15) is 24.0 Å². The van der Waals surface area contributed by atoms with Gasteiger partial charge in [-0.2, -0.15) is 5.10 Å². The van der Waals surface area contributed by atoms with E-state index in [4.69, 9.17) is 6.42 Å². The third-order valence-electron chi connectivity index (χ3n) is 5.44. The Morgan fingerprint density at radius 2 is 2.23 bits per heavy atom. The van der Waals surface area contributed by atoms with E-state index in [1.165, 1.54) is 7.11 Å². The van der Waals surface area contributed by atoms with Gasteiger partial charge in [0.25, 0.3) is 0 Å². The predicted octanol–water partition coefficient (Wildman–Crippen LogP) is 2.97. The molecule has 0 unspecified atom stereocenters. The summed E-state index contributed by atoms with van der Waals surface area (Å²) in [5.74, 6) is 3.13. The molecular weight excluding hydrogens is 392 g/mol. The van der Waals surface area contributed by atoms with Crippen LogP contribution < -0.4 is 10.6 Å². The van der Waals surface area contributed by atoms with Crippen molar-refractivity contribution in [3.8, 4) is 23.7 Å². The first kappa shape index (κ1) is 20.4. The monoisotopic (exact) mass is 416 g/mol. The molecule has 8 heteroatoms. The summed E-state index contributed by atoms with van der Waals surface area (Å²) in [7, 11) is 3.10. The zero-order chi connectivity index (χ0) is 21.8. The van der Waals surface area contributed by atoms with Crippen LogP contribution in [0.5, 0.6) is 0 Å². The molecule has 1 fully saturated rings. The summed E-state index contributed by atoms with van der Waals surface area (Å²) in [5.41, 5.74) is 5.17. The Bertz CT molecular complexity index is 1170. The number of terminal acetylenes is 1. The van der Waals surface area contributed by atoms with E-state index in [0.717, 1.165) is 46.6 Å². The van der Waals surface area contributed by atoms with E-state index in [9.17, 15) is 4.79 Å². The SMILES string of the molecule is C#Cc1cnc(-c2ccc3cc(/C=N\C)cnn23)cc1N[C@H]1C[C@H](CNC(=O)OC)C1. The maximum Gasteiger partial charge on any atom is 0.406 e. The quantitative estimate of drug-likeness (QED) is 0.476. The number of fused-ring (bicyclic) bond motifs is 1. The Kier molecular flexibility index (Phi) is 5.85. The molecule has 3 aromatic heterocycles. The van der Waals surface area contributed by atoms with Crippen LogP contribution >= 0.6 is 0 Å². The normalized spacial score (nSPS) is 17.8. The molecule has 1 saturated carbocycles. The van der Waals surface area contributed by atoms with Crippen LogP contribution in [-0.2, 0) is 4.74 Å². The van der Waals surface area contributed by atoms with E-state index in [1.54, 1.807) is 25.7 Å². The summed E-state index contributed by atoms with van der Waals surface area (Å²) < 4.78 is 6.47. The summed E-state index contributed by atoms with van der Waals surface area (Å²) in [5, 5.41) is 10.8. The van der Waals surface area contributed by atoms with Gasteiger partial charge in [-0.15, -0.1) is 6.42 Å². The minimum Gasteiger partial charge on any atom is -0.453 e. The van der Waals surface area contributed by atoms with Crippen molar-refractivity contribution in [1.29, 1.82) is 0 Å². The van der Waals surface area contributed by atoms with Gasteiger partial charge in [0.15, 0.2) is 0 Å². The molecule has 0 aromatic carbocycles. The topological polar surface area (TPSA) is 92.9 Å². The molecule has 0 aliphatic heterocycles. The van der Waals surface area contributed by atoms with Gasteiger partial charge in [-0.25, -0.2) is 9.31 Å². The van der Waals surface area contributed by atoms with Crippen molar-refractivity contribution in [3.63, 3.8) is 0 Å². The van der Waals surface area contributed by atoms with Crippen LogP contribution in [0.3, 0.4) is 0 Å². The number of rotatable bonds is 6. The highest BCUT2D eigenvalue weighted by molar-refractivity contribution is 5.81. The number of ether oxygens (including phenoxy) is 1. The van der Waals surface area contributed by atoms with E-state index < -0.39 is 6.09 Å². The highest BCUT2D eigenvalue weighted by Crippen LogP contribution is 2.32. The largest absolute Gasteiger partial charge is 0.453 e. The second-order valence-electron chi connectivity index (χ2n) is 7.54. The third kappa shape index (κ3) is 4.36. The molecule has 0 spiro atoms. The van der Waals surface area contributed by atoms with Gasteiger partial charge < -0.3 is 15.4 Å². The lowest BCUT2D eigenvalue weighted by atomic mass is 9.80. The third-order valence-corrected chi connectivity index (χ3v) is 5.44. The molecule has 158 valence electrons. The number of carbonyl (C=O) groups excluding carboxylic acids is 1. The van der Waals surface area contributed by atoms with Crippen LogP contribution in [-0.4, -0.2) is 53.6 Å². The average Bonchev–Trinajstić information content (AvgIpc) is 3.18. The van der Waals surface area contributed by atoms with Crippen molar-refractivity contribution >= 4 is 23.5 Å². The maximum atomic E-state index is 11.2. The first-order valence-electron chi connectivity index (χ1n) is 10.1. The predicted molar refractivity (Wildman–Crippen MR) is 120 cm³/mol. The van der Waals surface area contributed by atoms with Crippen LogP contribution in [0, 0.1) is 18.3 Å². The zero-order valence-electron chi connectivity index (χ0n) is 17.5.